The normalized spacial score (nSPS) is 11.5. The average molecular weight is 602 g/mol. The first-order valence-electron chi connectivity index (χ1n) is 5.95. The highest BCUT2D eigenvalue weighted by Crippen LogP contribution is 2.33. The van der Waals surface area contributed by atoms with E-state index in [1.54, 1.807) is 22.6 Å². The van der Waals surface area contributed by atoms with E-state index in [1.807, 2.05) is 22.6 Å². The Balaban J connectivity index is 2.56. The van der Waals surface area contributed by atoms with E-state index in [2.05, 4.69) is 4.74 Å². The lowest BCUT2D eigenvalue weighted by Gasteiger charge is -2.11. The summed E-state index contributed by atoms with van der Waals surface area (Å²) in [5, 5.41) is 0. The van der Waals surface area contributed by atoms with E-state index in [1.165, 1.54) is 18.2 Å². The van der Waals surface area contributed by atoms with Gasteiger partial charge in [-0.15, -0.1) is 0 Å². The fourth-order valence-corrected chi connectivity index (χ4v) is 4.16. The minimum Gasteiger partial charge on any atom is -0.416 e. The van der Waals surface area contributed by atoms with Crippen LogP contribution in [-0.2, 0) is 10.1 Å². The van der Waals surface area contributed by atoms with Gasteiger partial charge in [0.05, 0.1) is 5.56 Å². The molecule has 0 aliphatic heterocycles. The van der Waals surface area contributed by atoms with Crippen molar-refractivity contribution in [1.29, 1.82) is 0 Å². The van der Waals surface area contributed by atoms with Gasteiger partial charge in [0.1, 0.15) is 0 Å². The Morgan fingerprint density at radius 1 is 1.00 bits per heavy atom. The minimum atomic E-state index is -5.59. The van der Waals surface area contributed by atoms with Gasteiger partial charge < -0.3 is 4.74 Å². The zero-order valence-corrected chi connectivity index (χ0v) is 16.6. The summed E-state index contributed by atoms with van der Waals surface area (Å²) in [6.07, 6.45) is 0. The van der Waals surface area contributed by atoms with Gasteiger partial charge in [-0.2, -0.15) is 17.2 Å². The van der Waals surface area contributed by atoms with Gasteiger partial charge >= 0.3 is 16.1 Å². The van der Waals surface area contributed by atoms with Crippen molar-refractivity contribution in [3.8, 4) is 5.75 Å². The van der Waals surface area contributed by atoms with Gasteiger partial charge in [0.15, 0.2) is 16.5 Å². The molecule has 25 heavy (non-hydrogen) atoms. The SMILES string of the molecule is O=C(Oc1c(F)c(F)c(S(=O)(=O)O)c(F)c1F)c1ccc(I)cc1I. The van der Waals surface area contributed by atoms with Crippen LogP contribution in [0.5, 0.6) is 5.75 Å². The number of hydrogen-bond donors (Lipinski definition) is 1. The van der Waals surface area contributed by atoms with E-state index >= 15 is 0 Å². The molecule has 134 valence electrons. The molecule has 0 heterocycles. The van der Waals surface area contributed by atoms with Crippen LogP contribution >= 0.6 is 45.2 Å². The molecular formula is C13H4F4I2O5S. The van der Waals surface area contributed by atoms with Gasteiger partial charge in [0, 0.05) is 7.14 Å². The van der Waals surface area contributed by atoms with Crippen LogP contribution in [0.3, 0.4) is 0 Å². The molecule has 0 radical (unpaired) electrons. The molecule has 2 aromatic carbocycles. The average Bonchev–Trinajstić information content (AvgIpc) is 2.48. The Bertz CT molecular complexity index is 965. The maximum atomic E-state index is 13.8. The summed E-state index contributed by atoms with van der Waals surface area (Å²) in [5.41, 5.74) is -0.139. The summed E-state index contributed by atoms with van der Waals surface area (Å²) in [6.45, 7) is 0. The van der Waals surface area contributed by atoms with Crippen molar-refractivity contribution >= 4 is 61.3 Å². The van der Waals surface area contributed by atoms with Crippen LogP contribution in [0.4, 0.5) is 17.6 Å². The molecule has 5 nitrogen and oxygen atoms in total. The van der Waals surface area contributed by atoms with E-state index in [9.17, 15) is 30.8 Å². The summed E-state index contributed by atoms with van der Waals surface area (Å²) in [5.74, 6) is -12.5. The van der Waals surface area contributed by atoms with Gasteiger partial charge in [-0.3, -0.25) is 4.55 Å². The Kier molecular flexibility index (Phi) is 5.95. The van der Waals surface area contributed by atoms with E-state index in [4.69, 9.17) is 4.55 Å². The van der Waals surface area contributed by atoms with Gasteiger partial charge in [0.2, 0.25) is 17.4 Å². The fraction of sp³-hybridized carbons (Fsp3) is 0. The summed E-state index contributed by atoms with van der Waals surface area (Å²) in [7, 11) is -5.59. The molecule has 0 fully saturated rings. The Labute approximate surface area is 165 Å². The number of hydrogen-bond acceptors (Lipinski definition) is 4. The molecule has 0 amide bonds. The Morgan fingerprint density at radius 3 is 1.96 bits per heavy atom. The summed E-state index contributed by atoms with van der Waals surface area (Å²) >= 11 is 3.68. The van der Waals surface area contributed by atoms with E-state index in [0.717, 1.165) is 3.57 Å². The van der Waals surface area contributed by atoms with Crippen LogP contribution in [0.2, 0.25) is 0 Å². The molecule has 0 aliphatic rings. The van der Waals surface area contributed by atoms with Crippen LogP contribution in [-0.4, -0.2) is 18.9 Å². The standard InChI is InChI=1S/C13H4F4I2O5S/c14-7-9(16)12(25(21,22)23)10(17)8(15)11(7)24-13(20)5-2-1-4(18)3-6(5)19/h1-3H,(H,21,22,23). The first kappa shape index (κ1) is 20.3. The number of rotatable bonds is 3. The highest BCUT2D eigenvalue weighted by atomic mass is 127. The van der Waals surface area contributed by atoms with Crippen LogP contribution in [0, 0.1) is 30.4 Å². The maximum absolute atomic E-state index is 13.8. The van der Waals surface area contributed by atoms with Crippen molar-refractivity contribution < 1.29 is 40.1 Å². The van der Waals surface area contributed by atoms with Crippen molar-refractivity contribution in [1.82, 2.24) is 0 Å². The molecule has 0 bridgehead atoms. The molecule has 0 atom stereocenters. The number of carbonyl (C=O) groups is 1. The van der Waals surface area contributed by atoms with Crippen molar-refractivity contribution in [2.24, 2.45) is 0 Å². The lowest BCUT2D eigenvalue weighted by molar-refractivity contribution is 0.0715. The van der Waals surface area contributed by atoms with Gasteiger partial charge in [-0.1, -0.05) is 0 Å². The molecule has 0 unspecified atom stereocenters. The number of esters is 1. The first-order valence-corrected chi connectivity index (χ1v) is 9.55. The van der Waals surface area contributed by atoms with Gasteiger partial charge in [-0.25, -0.2) is 13.6 Å². The largest absolute Gasteiger partial charge is 0.416 e. The quantitative estimate of drug-likeness (QED) is 0.144. The maximum Gasteiger partial charge on any atom is 0.344 e. The number of benzene rings is 2. The van der Waals surface area contributed by atoms with E-state index < -0.39 is 50.0 Å². The predicted molar refractivity (Wildman–Crippen MR) is 92.9 cm³/mol. The van der Waals surface area contributed by atoms with Crippen LogP contribution in [0.1, 0.15) is 10.4 Å². The molecule has 0 aromatic heterocycles. The van der Waals surface area contributed by atoms with Crippen molar-refractivity contribution in [3.05, 3.63) is 54.2 Å². The molecule has 0 aliphatic carbocycles. The molecule has 12 heteroatoms. The van der Waals surface area contributed by atoms with Crippen molar-refractivity contribution in [3.63, 3.8) is 0 Å². The molecule has 2 rings (SSSR count). The van der Waals surface area contributed by atoms with Gasteiger partial charge in [0.25, 0.3) is 0 Å². The zero-order valence-electron chi connectivity index (χ0n) is 11.5. The predicted octanol–water partition coefficient (Wildman–Crippen LogP) is 3.92. The van der Waals surface area contributed by atoms with Crippen LogP contribution in [0.15, 0.2) is 23.1 Å². The number of halogens is 6. The third-order valence-corrected chi connectivity index (χ3v) is 5.22. The highest BCUT2D eigenvalue weighted by molar-refractivity contribution is 14.1. The summed E-state index contributed by atoms with van der Waals surface area (Å²) in [4.78, 5) is 9.76. The molecular weight excluding hydrogens is 598 g/mol. The second kappa shape index (κ2) is 7.32. The second-order valence-corrected chi connectivity index (χ2v) is 8.17. The highest BCUT2D eigenvalue weighted by Gasteiger charge is 2.34. The van der Waals surface area contributed by atoms with Crippen LogP contribution in [0.25, 0.3) is 0 Å². The molecule has 0 saturated heterocycles. The molecule has 0 spiro atoms. The number of carbonyl (C=O) groups excluding carboxylic acids is 1. The third-order valence-electron chi connectivity index (χ3n) is 2.79. The zero-order chi connectivity index (χ0) is 19.1. The van der Waals surface area contributed by atoms with Gasteiger partial charge in [-0.05, 0) is 63.4 Å². The first-order chi connectivity index (χ1) is 11.4. The fourth-order valence-electron chi connectivity index (χ4n) is 1.71. The molecule has 1 N–H and O–H groups in total. The minimum absolute atomic E-state index is 0.139. The Hall–Kier alpha value is -1.00. The molecule has 0 saturated carbocycles. The topological polar surface area (TPSA) is 80.7 Å². The Morgan fingerprint density at radius 2 is 1.52 bits per heavy atom. The third kappa shape index (κ3) is 4.06. The second-order valence-electron chi connectivity index (χ2n) is 4.40. The monoisotopic (exact) mass is 602 g/mol. The summed E-state index contributed by atoms with van der Waals surface area (Å²) in [6, 6.07) is 4.28. The lowest BCUT2D eigenvalue weighted by atomic mass is 10.2. The smallest absolute Gasteiger partial charge is 0.344 e. The van der Waals surface area contributed by atoms with E-state index in [0.29, 0.717) is 3.57 Å². The molecule has 2 aromatic rings. The van der Waals surface area contributed by atoms with E-state index in [-0.39, 0.29) is 5.56 Å². The van der Waals surface area contributed by atoms with Crippen LogP contribution < -0.4 is 4.74 Å². The van der Waals surface area contributed by atoms with Crippen molar-refractivity contribution in [2.45, 2.75) is 4.90 Å². The lowest BCUT2D eigenvalue weighted by Crippen LogP contribution is -2.16. The summed E-state index contributed by atoms with van der Waals surface area (Å²) < 4.78 is 90.8. The van der Waals surface area contributed by atoms with Crippen molar-refractivity contribution in [2.75, 3.05) is 0 Å². The number of ether oxygens (including phenoxy) is 1.